The molecule has 0 heterocycles. The summed E-state index contributed by atoms with van der Waals surface area (Å²) in [5.74, 6) is 0. The minimum Gasteiger partial charge on any atom is -0.393 e. The second kappa shape index (κ2) is 8.23. The Hall–Kier alpha value is -1.71. The fraction of sp³-hybridized carbons (Fsp3) is 0.571. The number of nitro groups is 1. The van der Waals surface area contributed by atoms with Crippen LogP contribution < -0.4 is 9.62 Å². The molecule has 2 N–H and O–H groups in total. The molecule has 0 aliphatic heterocycles. The molecule has 0 spiro atoms. The van der Waals surface area contributed by atoms with Crippen molar-refractivity contribution in [2.45, 2.75) is 37.7 Å². The van der Waals surface area contributed by atoms with Crippen LogP contribution in [0.15, 0.2) is 23.1 Å². The molecule has 0 aromatic heterocycles. The van der Waals surface area contributed by atoms with Crippen molar-refractivity contribution in [1.29, 1.82) is 0 Å². The van der Waals surface area contributed by atoms with Gasteiger partial charge in [-0.15, -0.1) is 0 Å². The van der Waals surface area contributed by atoms with Gasteiger partial charge >= 0.3 is 0 Å². The van der Waals surface area contributed by atoms with Crippen LogP contribution in [0.1, 0.15) is 26.7 Å². The van der Waals surface area contributed by atoms with Crippen LogP contribution in [0.25, 0.3) is 0 Å². The van der Waals surface area contributed by atoms with Crippen LogP contribution >= 0.6 is 0 Å². The van der Waals surface area contributed by atoms with Crippen molar-refractivity contribution in [3.63, 3.8) is 0 Å². The van der Waals surface area contributed by atoms with Gasteiger partial charge in [0, 0.05) is 32.3 Å². The smallest absolute Gasteiger partial charge is 0.271 e. The Balaban J connectivity index is 3.26. The third kappa shape index (κ3) is 5.45. The molecular weight excluding hydrogens is 322 g/mol. The summed E-state index contributed by atoms with van der Waals surface area (Å²) in [5, 5.41) is 20.3. The van der Waals surface area contributed by atoms with E-state index < -0.39 is 21.1 Å². The quantitative estimate of drug-likeness (QED) is 0.518. The van der Waals surface area contributed by atoms with Gasteiger partial charge in [-0.05, 0) is 25.8 Å². The highest BCUT2D eigenvalue weighted by atomic mass is 32.2. The van der Waals surface area contributed by atoms with Gasteiger partial charge in [0.2, 0.25) is 10.0 Å². The first-order valence-corrected chi connectivity index (χ1v) is 8.84. The molecule has 1 aromatic rings. The zero-order valence-corrected chi connectivity index (χ0v) is 14.3. The highest BCUT2D eigenvalue weighted by Crippen LogP contribution is 2.29. The van der Waals surface area contributed by atoms with Crippen molar-refractivity contribution in [3.8, 4) is 0 Å². The summed E-state index contributed by atoms with van der Waals surface area (Å²) in [6, 6.07) is 3.65. The number of nitrogens with zero attached hydrogens (tertiary/aromatic N) is 2. The predicted octanol–water partition coefficient (Wildman–Crippen LogP) is 1.49. The Morgan fingerprint density at radius 1 is 1.43 bits per heavy atom. The van der Waals surface area contributed by atoms with E-state index in [0.717, 1.165) is 0 Å². The standard InChI is InChI=1S/C14H23N3O5S/c1-4-8-15-23(21,22)14-6-5-12(17(19)20)10-13(14)16(3)9-7-11(2)18/h5-6,10-11,15,18H,4,7-9H2,1-3H3. The minimum absolute atomic E-state index is 0.00959. The molecule has 1 unspecified atom stereocenters. The topological polar surface area (TPSA) is 113 Å². The fourth-order valence-electron chi connectivity index (χ4n) is 1.96. The van der Waals surface area contributed by atoms with E-state index in [0.29, 0.717) is 19.4 Å². The molecule has 0 radical (unpaired) electrons. The largest absolute Gasteiger partial charge is 0.393 e. The highest BCUT2D eigenvalue weighted by Gasteiger charge is 2.23. The van der Waals surface area contributed by atoms with Gasteiger partial charge in [0.05, 0.1) is 16.7 Å². The lowest BCUT2D eigenvalue weighted by Crippen LogP contribution is -2.28. The van der Waals surface area contributed by atoms with E-state index in [1.165, 1.54) is 18.2 Å². The fourth-order valence-corrected chi connectivity index (χ4v) is 3.33. The van der Waals surface area contributed by atoms with E-state index in [9.17, 15) is 23.6 Å². The highest BCUT2D eigenvalue weighted by molar-refractivity contribution is 7.89. The van der Waals surface area contributed by atoms with E-state index >= 15 is 0 Å². The number of rotatable bonds is 9. The number of sulfonamides is 1. The average molecular weight is 345 g/mol. The Morgan fingerprint density at radius 2 is 2.09 bits per heavy atom. The average Bonchev–Trinajstić information content (AvgIpc) is 2.49. The summed E-state index contributed by atoms with van der Waals surface area (Å²) in [6.07, 6.45) is 0.509. The lowest BCUT2D eigenvalue weighted by molar-refractivity contribution is -0.384. The summed E-state index contributed by atoms with van der Waals surface area (Å²) in [4.78, 5) is 12.0. The number of aliphatic hydroxyl groups excluding tert-OH is 1. The molecule has 0 fully saturated rings. The van der Waals surface area contributed by atoms with Crippen LogP contribution in [0.4, 0.5) is 11.4 Å². The second-order valence-corrected chi connectivity index (χ2v) is 7.10. The lowest BCUT2D eigenvalue weighted by atomic mass is 10.2. The Kier molecular flexibility index (Phi) is 6.92. The Bertz CT molecular complexity index is 646. The van der Waals surface area contributed by atoms with E-state index in [1.54, 1.807) is 18.9 Å². The number of hydrogen-bond acceptors (Lipinski definition) is 6. The molecule has 0 saturated carbocycles. The molecule has 130 valence electrons. The molecule has 1 rings (SSSR count). The first kappa shape index (κ1) is 19.3. The number of nitrogens with one attached hydrogen (secondary N) is 1. The maximum Gasteiger partial charge on any atom is 0.271 e. The molecule has 0 bridgehead atoms. The number of non-ortho nitro benzene ring substituents is 1. The monoisotopic (exact) mass is 345 g/mol. The summed E-state index contributed by atoms with van der Waals surface area (Å²) < 4.78 is 27.2. The normalized spacial score (nSPS) is 12.9. The van der Waals surface area contributed by atoms with Gasteiger partial charge in [0.25, 0.3) is 5.69 Å². The molecule has 0 aliphatic rings. The van der Waals surface area contributed by atoms with E-state index in [2.05, 4.69) is 4.72 Å². The second-order valence-electron chi connectivity index (χ2n) is 5.37. The number of benzene rings is 1. The van der Waals surface area contributed by atoms with Crippen LogP contribution in [-0.4, -0.2) is 44.7 Å². The molecule has 1 atom stereocenters. The summed E-state index contributed by atoms with van der Waals surface area (Å²) in [6.45, 7) is 4.13. The molecule has 0 aliphatic carbocycles. The molecule has 0 amide bonds. The van der Waals surface area contributed by atoms with Crippen molar-refractivity contribution in [2.24, 2.45) is 0 Å². The zero-order chi connectivity index (χ0) is 17.6. The van der Waals surface area contributed by atoms with Gasteiger partial charge in [-0.3, -0.25) is 10.1 Å². The lowest BCUT2D eigenvalue weighted by Gasteiger charge is -2.23. The van der Waals surface area contributed by atoms with Gasteiger partial charge in [0.15, 0.2) is 0 Å². The molecule has 23 heavy (non-hydrogen) atoms. The third-order valence-corrected chi connectivity index (χ3v) is 4.79. The number of anilines is 1. The van der Waals surface area contributed by atoms with Crippen LogP contribution in [-0.2, 0) is 10.0 Å². The summed E-state index contributed by atoms with van der Waals surface area (Å²) >= 11 is 0. The number of nitro benzene ring substituents is 1. The first-order chi connectivity index (χ1) is 10.7. The van der Waals surface area contributed by atoms with Crippen LogP contribution in [0.5, 0.6) is 0 Å². The minimum atomic E-state index is -3.76. The van der Waals surface area contributed by atoms with Crippen molar-refractivity contribution in [2.75, 3.05) is 25.0 Å². The molecule has 0 saturated heterocycles. The van der Waals surface area contributed by atoms with Gasteiger partial charge < -0.3 is 10.0 Å². The maximum atomic E-state index is 12.4. The maximum absolute atomic E-state index is 12.4. The predicted molar refractivity (Wildman–Crippen MR) is 88.1 cm³/mol. The molecule has 8 nitrogen and oxygen atoms in total. The molecule has 9 heteroatoms. The van der Waals surface area contributed by atoms with Gasteiger partial charge in [-0.2, -0.15) is 0 Å². The van der Waals surface area contributed by atoms with Crippen molar-refractivity contribution in [1.82, 2.24) is 4.72 Å². The van der Waals surface area contributed by atoms with E-state index in [1.807, 2.05) is 6.92 Å². The summed E-state index contributed by atoms with van der Waals surface area (Å²) in [7, 11) is -2.12. The van der Waals surface area contributed by atoms with Crippen LogP contribution in [0.2, 0.25) is 0 Å². The van der Waals surface area contributed by atoms with Gasteiger partial charge in [-0.1, -0.05) is 6.92 Å². The van der Waals surface area contributed by atoms with E-state index in [4.69, 9.17) is 0 Å². The van der Waals surface area contributed by atoms with Gasteiger partial charge in [0.1, 0.15) is 4.90 Å². The van der Waals surface area contributed by atoms with Gasteiger partial charge in [-0.25, -0.2) is 13.1 Å². The number of aliphatic hydroxyl groups is 1. The zero-order valence-electron chi connectivity index (χ0n) is 13.5. The Labute approximate surface area is 136 Å². The van der Waals surface area contributed by atoms with Crippen molar-refractivity contribution in [3.05, 3.63) is 28.3 Å². The Morgan fingerprint density at radius 3 is 2.61 bits per heavy atom. The van der Waals surface area contributed by atoms with Crippen molar-refractivity contribution < 1.29 is 18.4 Å². The van der Waals surface area contributed by atoms with E-state index in [-0.39, 0.29) is 22.8 Å². The first-order valence-electron chi connectivity index (χ1n) is 7.36. The number of hydrogen-bond donors (Lipinski definition) is 2. The van der Waals surface area contributed by atoms with Crippen LogP contribution in [0, 0.1) is 10.1 Å². The van der Waals surface area contributed by atoms with Crippen molar-refractivity contribution >= 4 is 21.4 Å². The summed E-state index contributed by atoms with van der Waals surface area (Å²) in [5.41, 5.74) is 0.0572. The SMILES string of the molecule is CCCNS(=O)(=O)c1ccc([N+](=O)[O-])cc1N(C)CCC(C)O. The third-order valence-electron chi connectivity index (χ3n) is 3.28. The van der Waals surface area contributed by atoms with Crippen LogP contribution in [0.3, 0.4) is 0 Å². The molecule has 1 aromatic carbocycles. The molecular formula is C14H23N3O5S.